The monoisotopic (exact) mass is 423 g/mol. The van der Waals surface area contributed by atoms with Crippen LogP contribution in [0.4, 0.5) is 8.78 Å². The van der Waals surface area contributed by atoms with Crippen LogP contribution < -0.4 is 10.9 Å². The van der Waals surface area contributed by atoms with Crippen LogP contribution in [0.1, 0.15) is 48.5 Å². The maximum Gasteiger partial charge on any atom is 0.503 e. The van der Waals surface area contributed by atoms with E-state index >= 15 is 8.78 Å². The first kappa shape index (κ1) is 21.0. The van der Waals surface area contributed by atoms with Gasteiger partial charge in [0, 0.05) is 6.92 Å². The van der Waals surface area contributed by atoms with Crippen LogP contribution >= 0.6 is 11.7 Å². The molecule has 0 aliphatic carbocycles. The molecule has 2 aliphatic heterocycles. The average Bonchev–Trinajstić information content (AvgIpc) is 3.15. The highest BCUT2D eigenvalue weighted by Gasteiger charge is 2.59. The molecule has 3 heterocycles. The molecule has 29 heavy (non-hydrogen) atoms. The molecular formula is C18H23B2F2N2O4S+. The normalized spacial score (nSPS) is 27.9. The maximum atomic E-state index is 15.3. The van der Waals surface area contributed by atoms with Gasteiger partial charge in [0.05, 0.1) is 40.8 Å². The minimum atomic E-state index is -1.17. The Bertz CT molecular complexity index is 888. The minimum absolute atomic E-state index is 0.108. The molecule has 0 bridgehead atoms. The molecule has 0 radical (unpaired) electrons. The van der Waals surface area contributed by atoms with Gasteiger partial charge < -0.3 is 18.6 Å². The van der Waals surface area contributed by atoms with Gasteiger partial charge in [-0.15, -0.1) is 0 Å². The van der Waals surface area contributed by atoms with Crippen LogP contribution in [0, 0.1) is 18.6 Å². The highest BCUT2D eigenvalue weighted by molar-refractivity contribution is 7.00. The lowest BCUT2D eigenvalue weighted by Crippen LogP contribution is -2.44. The summed E-state index contributed by atoms with van der Waals surface area (Å²) in [5, 5.41) is 0. The van der Waals surface area contributed by atoms with Gasteiger partial charge in [0.15, 0.2) is 11.6 Å². The van der Waals surface area contributed by atoms with Crippen LogP contribution in [-0.4, -0.2) is 45.4 Å². The van der Waals surface area contributed by atoms with Gasteiger partial charge >= 0.3 is 14.2 Å². The zero-order valence-electron chi connectivity index (χ0n) is 17.6. The summed E-state index contributed by atoms with van der Waals surface area (Å²) < 4.78 is 62.6. The molecule has 0 saturated carbocycles. The predicted molar refractivity (Wildman–Crippen MR) is 108 cm³/mol. The first-order valence-corrected chi connectivity index (χ1v) is 10.1. The third kappa shape index (κ3) is 2.93. The molecule has 2 saturated heterocycles. The molecule has 2 aliphatic rings. The SMILES string of the molecule is [CH2+]C1(C)OB(c2c(F)c(F)c(B3OC(C)(C)C(C)(C)O3)c3nsnc23)OC1(C)C. The van der Waals surface area contributed by atoms with E-state index in [2.05, 4.69) is 15.7 Å². The van der Waals surface area contributed by atoms with Crippen LogP contribution in [-0.2, 0) is 18.6 Å². The van der Waals surface area contributed by atoms with Crippen LogP contribution in [0.3, 0.4) is 0 Å². The Morgan fingerprint density at radius 1 is 0.724 bits per heavy atom. The summed E-state index contributed by atoms with van der Waals surface area (Å²) in [6.07, 6.45) is 0. The van der Waals surface area contributed by atoms with Crippen molar-refractivity contribution < 1.29 is 27.4 Å². The second kappa shape index (κ2) is 6.13. The van der Waals surface area contributed by atoms with Gasteiger partial charge in [-0.25, -0.2) is 8.78 Å². The average molecular weight is 423 g/mol. The number of hydrogen-bond donors (Lipinski definition) is 0. The van der Waals surface area contributed by atoms with Crippen molar-refractivity contribution in [1.82, 2.24) is 8.75 Å². The quantitative estimate of drug-likeness (QED) is 0.547. The van der Waals surface area contributed by atoms with Crippen molar-refractivity contribution in [2.75, 3.05) is 0 Å². The molecular weight excluding hydrogens is 400 g/mol. The lowest BCUT2D eigenvalue weighted by molar-refractivity contribution is 0.00578. The topological polar surface area (TPSA) is 62.7 Å². The van der Waals surface area contributed by atoms with E-state index in [4.69, 9.17) is 18.6 Å². The van der Waals surface area contributed by atoms with E-state index in [0.29, 0.717) is 0 Å². The zero-order valence-corrected chi connectivity index (χ0v) is 18.4. The van der Waals surface area contributed by atoms with Gasteiger partial charge in [-0.1, -0.05) is 0 Å². The van der Waals surface area contributed by atoms with E-state index in [0.717, 1.165) is 11.7 Å². The highest BCUT2D eigenvalue weighted by atomic mass is 32.1. The molecule has 0 amide bonds. The highest BCUT2D eigenvalue weighted by Crippen LogP contribution is 2.39. The number of aromatic nitrogens is 2. The molecule has 0 spiro atoms. The number of nitrogens with zero attached hydrogens (tertiary/aromatic N) is 2. The molecule has 2 aromatic rings. The molecule has 1 atom stereocenters. The summed E-state index contributed by atoms with van der Waals surface area (Å²) in [6, 6.07) is 0. The van der Waals surface area contributed by atoms with E-state index in [1.165, 1.54) is 0 Å². The van der Waals surface area contributed by atoms with E-state index in [9.17, 15) is 0 Å². The van der Waals surface area contributed by atoms with Crippen molar-refractivity contribution in [2.24, 2.45) is 0 Å². The van der Waals surface area contributed by atoms with Crippen molar-refractivity contribution in [3.05, 3.63) is 18.6 Å². The fourth-order valence-corrected chi connectivity index (χ4v) is 3.86. The molecule has 11 heteroatoms. The maximum absolute atomic E-state index is 15.3. The van der Waals surface area contributed by atoms with Crippen molar-refractivity contribution in [1.29, 1.82) is 0 Å². The summed E-state index contributed by atoms with van der Waals surface area (Å²) in [5.74, 6) is -2.23. The minimum Gasteiger partial charge on any atom is -0.399 e. The van der Waals surface area contributed by atoms with Gasteiger partial charge in [0.25, 0.3) is 0 Å². The molecule has 6 nitrogen and oxygen atoms in total. The fraction of sp³-hybridized carbons (Fsp3) is 0.611. The molecule has 1 aromatic carbocycles. The van der Waals surface area contributed by atoms with Gasteiger partial charge in [-0.3, -0.25) is 0 Å². The molecule has 4 rings (SSSR count). The Hall–Kier alpha value is -1.26. The first-order valence-electron chi connectivity index (χ1n) is 9.38. The molecule has 1 unspecified atom stereocenters. The number of fused-ring (bicyclic) bond motifs is 1. The van der Waals surface area contributed by atoms with E-state index < -0.39 is 48.3 Å². The number of hydrogen-bond acceptors (Lipinski definition) is 7. The van der Waals surface area contributed by atoms with Crippen LogP contribution in [0.5, 0.6) is 0 Å². The lowest BCUT2D eigenvalue weighted by Gasteiger charge is -2.32. The van der Waals surface area contributed by atoms with Gasteiger partial charge in [-0.05, 0) is 41.5 Å². The zero-order chi connectivity index (χ0) is 21.6. The second-order valence-corrected chi connectivity index (χ2v) is 9.84. The number of halogens is 2. The molecule has 1 aromatic heterocycles. The molecule has 2 fully saturated rings. The summed E-state index contributed by atoms with van der Waals surface area (Å²) >= 11 is 0.845. The molecule has 154 valence electrons. The third-order valence-corrected chi connectivity index (χ3v) is 6.96. The fourth-order valence-electron chi connectivity index (χ4n) is 3.29. The van der Waals surface area contributed by atoms with Crippen molar-refractivity contribution in [3.63, 3.8) is 0 Å². The van der Waals surface area contributed by atoms with Gasteiger partial charge in [-0.2, -0.15) is 8.75 Å². The van der Waals surface area contributed by atoms with Crippen molar-refractivity contribution >= 4 is 47.9 Å². The van der Waals surface area contributed by atoms with Gasteiger partial charge in [0.1, 0.15) is 16.6 Å². The van der Waals surface area contributed by atoms with Crippen LogP contribution in [0.25, 0.3) is 11.0 Å². The summed E-state index contributed by atoms with van der Waals surface area (Å²) in [7, 11) is -2.28. The Labute approximate surface area is 173 Å². The van der Waals surface area contributed by atoms with Crippen molar-refractivity contribution in [3.8, 4) is 0 Å². The number of benzene rings is 1. The summed E-state index contributed by atoms with van der Waals surface area (Å²) in [5.41, 5.74) is -3.11. The first-order chi connectivity index (χ1) is 13.2. The van der Waals surface area contributed by atoms with Crippen LogP contribution in [0.2, 0.25) is 0 Å². The lowest BCUT2D eigenvalue weighted by atomic mass is 9.71. The summed E-state index contributed by atoms with van der Waals surface area (Å²) in [6.45, 7) is 16.6. The summed E-state index contributed by atoms with van der Waals surface area (Å²) in [4.78, 5) is 0. The smallest absolute Gasteiger partial charge is 0.399 e. The van der Waals surface area contributed by atoms with Crippen molar-refractivity contribution in [2.45, 2.75) is 70.9 Å². The van der Waals surface area contributed by atoms with E-state index in [-0.39, 0.29) is 22.0 Å². The van der Waals surface area contributed by atoms with Gasteiger partial charge in [0.2, 0.25) is 5.60 Å². The predicted octanol–water partition coefficient (Wildman–Crippen LogP) is 2.38. The van der Waals surface area contributed by atoms with Crippen LogP contribution in [0.15, 0.2) is 0 Å². The largest absolute Gasteiger partial charge is 0.503 e. The Balaban J connectivity index is 1.86. The van der Waals surface area contributed by atoms with E-state index in [1.807, 2.05) is 27.7 Å². The third-order valence-electron chi connectivity index (χ3n) is 6.43. The van der Waals surface area contributed by atoms with E-state index in [1.54, 1.807) is 20.8 Å². The standard InChI is InChI=1S/C18H23B2F2N2O4S/c1-15(2)16(3,4)26-19(25-15)9-11(21)12(22)10(14-13(9)23-29-24-14)20-27-17(5,6)18(7,8)28-20/h1H2,2-8H3/q+1. The Kier molecular flexibility index (Phi) is 4.44. The number of rotatable bonds is 2. The Morgan fingerprint density at radius 2 is 1.10 bits per heavy atom. The Morgan fingerprint density at radius 3 is 1.48 bits per heavy atom. The second-order valence-electron chi connectivity index (χ2n) is 9.31. The molecule has 0 N–H and O–H groups in total.